The number of benzene rings is 1. The zero-order valence-electron chi connectivity index (χ0n) is 15.1. The van der Waals surface area contributed by atoms with Crippen LogP contribution in [0.3, 0.4) is 0 Å². The maximum Gasteiger partial charge on any atom is 0.257 e. The fourth-order valence-electron chi connectivity index (χ4n) is 2.60. The first-order valence-corrected chi connectivity index (χ1v) is 8.32. The van der Waals surface area contributed by atoms with Crippen LogP contribution in [0.2, 0.25) is 0 Å². The number of rotatable bonds is 7. The lowest BCUT2D eigenvalue weighted by Gasteiger charge is -2.14. The van der Waals surface area contributed by atoms with Crippen LogP contribution in [0.4, 0.5) is 0 Å². The van der Waals surface area contributed by atoms with Crippen LogP contribution in [0, 0.1) is 6.92 Å². The van der Waals surface area contributed by atoms with E-state index in [-0.39, 0.29) is 17.9 Å². The molecule has 1 aromatic carbocycles. The Bertz CT molecular complexity index is 674. The number of hydrogen-bond acceptors (Lipinski definition) is 4. The predicted molar refractivity (Wildman–Crippen MR) is 93.6 cm³/mol. The molecule has 24 heavy (non-hydrogen) atoms. The minimum Gasteiger partial charge on any atom is -0.497 e. The Hall–Kier alpha value is -2.30. The first-order valence-electron chi connectivity index (χ1n) is 8.32. The number of ether oxygens (including phenoxy) is 1. The van der Waals surface area contributed by atoms with E-state index in [9.17, 15) is 4.79 Å². The second-order valence-corrected chi connectivity index (χ2v) is 6.42. The molecule has 1 aromatic heterocycles. The highest BCUT2D eigenvalue weighted by molar-refractivity contribution is 5.96. The summed E-state index contributed by atoms with van der Waals surface area (Å²) in [6, 6.07) is 8.07. The lowest BCUT2D eigenvalue weighted by atomic mass is 10.0. The van der Waals surface area contributed by atoms with Gasteiger partial charge in [-0.3, -0.25) is 4.79 Å². The molecule has 2 rings (SSSR count). The Labute approximate surface area is 143 Å². The van der Waals surface area contributed by atoms with Gasteiger partial charge in [0.15, 0.2) is 5.76 Å². The van der Waals surface area contributed by atoms with E-state index >= 15 is 0 Å². The van der Waals surface area contributed by atoms with Crippen LogP contribution in [-0.2, 0) is 6.42 Å². The highest BCUT2D eigenvalue weighted by atomic mass is 16.5. The molecule has 130 valence electrons. The number of amides is 1. The summed E-state index contributed by atoms with van der Waals surface area (Å²) in [6.45, 7) is 7.79. The van der Waals surface area contributed by atoms with Gasteiger partial charge in [-0.25, -0.2) is 0 Å². The molecule has 2 aromatic rings. The van der Waals surface area contributed by atoms with E-state index < -0.39 is 0 Å². The van der Waals surface area contributed by atoms with Gasteiger partial charge in [-0.2, -0.15) is 0 Å². The fraction of sp³-hybridized carbons (Fsp3) is 0.474. The van der Waals surface area contributed by atoms with Crippen LogP contribution in [0.25, 0.3) is 0 Å². The van der Waals surface area contributed by atoms with Gasteiger partial charge in [0.05, 0.1) is 12.8 Å². The summed E-state index contributed by atoms with van der Waals surface area (Å²) in [5.74, 6) is 1.51. The number of methoxy groups -OCH3 is 1. The number of aryl methyl sites for hydroxylation is 2. The molecule has 0 aliphatic heterocycles. The molecule has 1 atom stereocenters. The molecule has 0 aliphatic rings. The van der Waals surface area contributed by atoms with Crippen LogP contribution < -0.4 is 10.1 Å². The third-order valence-electron chi connectivity index (χ3n) is 4.04. The average molecular weight is 330 g/mol. The highest BCUT2D eigenvalue weighted by Crippen LogP contribution is 2.22. The van der Waals surface area contributed by atoms with Crippen molar-refractivity contribution >= 4 is 5.91 Å². The average Bonchev–Trinajstić information content (AvgIpc) is 2.95. The van der Waals surface area contributed by atoms with Gasteiger partial charge in [0, 0.05) is 12.0 Å². The summed E-state index contributed by atoms with van der Waals surface area (Å²) in [5.41, 5.74) is 2.43. The number of carbonyl (C=O) groups is 1. The smallest absolute Gasteiger partial charge is 0.257 e. The predicted octanol–water partition coefficient (Wildman–Crippen LogP) is 3.87. The van der Waals surface area contributed by atoms with E-state index in [0.717, 1.165) is 18.6 Å². The standard InChI is InChI=1S/C19H26N2O3/c1-12(2)18-17(14(4)21-24-18)19(22)20-13(3)6-7-15-8-10-16(23-5)11-9-15/h8-13H,6-7H2,1-5H3,(H,20,22)/t13-/m0/s1. The second kappa shape index (κ2) is 7.99. The molecule has 0 saturated carbocycles. The number of nitrogens with zero attached hydrogens (tertiary/aromatic N) is 1. The zero-order valence-corrected chi connectivity index (χ0v) is 15.1. The molecule has 0 aliphatic carbocycles. The van der Waals surface area contributed by atoms with Gasteiger partial charge in [0.25, 0.3) is 5.91 Å². The molecule has 1 N–H and O–H groups in total. The van der Waals surface area contributed by atoms with Crippen molar-refractivity contribution in [2.24, 2.45) is 0 Å². The molecule has 5 nitrogen and oxygen atoms in total. The summed E-state index contributed by atoms with van der Waals surface area (Å²) < 4.78 is 10.4. The van der Waals surface area contributed by atoms with E-state index in [1.165, 1.54) is 5.56 Å². The first kappa shape index (κ1) is 18.0. The topological polar surface area (TPSA) is 64.4 Å². The van der Waals surface area contributed by atoms with Crippen molar-refractivity contribution in [2.75, 3.05) is 7.11 Å². The SMILES string of the molecule is COc1ccc(CC[C@H](C)NC(=O)c2c(C)noc2C(C)C)cc1. The molecule has 0 fully saturated rings. The quantitative estimate of drug-likeness (QED) is 0.837. The van der Waals surface area contributed by atoms with Crippen LogP contribution in [0.1, 0.15) is 60.5 Å². The van der Waals surface area contributed by atoms with Crippen molar-refractivity contribution in [3.05, 3.63) is 46.8 Å². The summed E-state index contributed by atoms with van der Waals surface area (Å²) in [7, 11) is 1.66. The van der Waals surface area contributed by atoms with Gasteiger partial charge in [0.1, 0.15) is 11.3 Å². The number of hydrogen-bond donors (Lipinski definition) is 1. The normalized spacial score (nSPS) is 12.2. The molecular formula is C19H26N2O3. The van der Waals surface area contributed by atoms with E-state index in [4.69, 9.17) is 9.26 Å². The Balaban J connectivity index is 1.93. The number of aromatic nitrogens is 1. The van der Waals surface area contributed by atoms with Gasteiger partial charge in [-0.15, -0.1) is 0 Å². The highest BCUT2D eigenvalue weighted by Gasteiger charge is 2.23. The summed E-state index contributed by atoms with van der Waals surface area (Å²) in [4.78, 5) is 12.5. The summed E-state index contributed by atoms with van der Waals surface area (Å²) >= 11 is 0. The molecule has 1 heterocycles. The molecule has 5 heteroatoms. The largest absolute Gasteiger partial charge is 0.497 e. The molecular weight excluding hydrogens is 304 g/mol. The monoisotopic (exact) mass is 330 g/mol. The van der Waals surface area contributed by atoms with Gasteiger partial charge in [-0.1, -0.05) is 31.1 Å². The molecule has 0 saturated heterocycles. The van der Waals surface area contributed by atoms with E-state index in [1.54, 1.807) is 14.0 Å². The molecule has 0 unspecified atom stereocenters. The Morgan fingerprint density at radius 3 is 2.50 bits per heavy atom. The van der Waals surface area contributed by atoms with Crippen molar-refractivity contribution in [1.29, 1.82) is 0 Å². The molecule has 0 bridgehead atoms. The van der Waals surface area contributed by atoms with Gasteiger partial charge < -0.3 is 14.6 Å². The van der Waals surface area contributed by atoms with Crippen molar-refractivity contribution in [3.8, 4) is 5.75 Å². The van der Waals surface area contributed by atoms with Crippen LogP contribution in [0.15, 0.2) is 28.8 Å². The summed E-state index contributed by atoms with van der Waals surface area (Å²) in [6.07, 6.45) is 1.75. The maximum atomic E-state index is 12.5. The van der Waals surface area contributed by atoms with E-state index in [1.807, 2.05) is 45.0 Å². The Morgan fingerprint density at radius 1 is 1.25 bits per heavy atom. The van der Waals surface area contributed by atoms with Crippen molar-refractivity contribution in [1.82, 2.24) is 10.5 Å². The zero-order chi connectivity index (χ0) is 17.7. The molecule has 1 amide bonds. The van der Waals surface area contributed by atoms with Crippen LogP contribution in [0.5, 0.6) is 5.75 Å². The summed E-state index contributed by atoms with van der Waals surface area (Å²) in [5, 5.41) is 6.98. The fourth-order valence-corrected chi connectivity index (χ4v) is 2.60. The lowest BCUT2D eigenvalue weighted by molar-refractivity contribution is 0.0935. The second-order valence-electron chi connectivity index (χ2n) is 6.42. The molecule has 0 spiro atoms. The van der Waals surface area contributed by atoms with Gasteiger partial charge in [0.2, 0.25) is 0 Å². The van der Waals surface area contributed by atoms with Crippen molar-refractivity contribution in [2.45, 2.75) is 52.5 Å². The van der Waals surface area contributed by atoms with Crippen molar-refractivity contribution < 1.29 is 14.1 Å². The third-order valence-corrected chi connectivity index (χ3v) is 4.04. The van der Waals surface area contributed by atoms with Gasteiger partial charge >= 0.3 is 0 Å². The van der Waals surface area contributed by atoms with Gasteiger partial charge in [-0.05, 0) is 44.4 Å². The maximum absolute atomic E-state index is 12.5. The lowest BCUT2D eigenvalue weighted by Crippen LogP contribution is -2.33. The Kier molecular flexibility index (Phi) is 6.01. The van der Waals surface area contributed by atoms with E-state index in [2.05, 4.69) is 10.5 Å². The Morgan fingerprint density at radius 2 is 1.92 bits per heavy atom. The first-order chi connectivity index (χ1) is 11.4. The van der Waals surface area contributed by atoms with Crippen LogP contribution in [-0.4, -0.2) is 24.2 Å². The van der Waals surface area contributed by atoms with E-state index in [0.29, 0.717) is 17.0 Å². The number of carbonyl (C=O) groups excluding carboxylic acids is 1. The third kappa shape index (κ3) is 4.37. The van der Waals surface area contributed by atoms with Crippen LogP contribution >= 0.6 is 0 Å². The van der Waals surface area contributed by atoms with Crippen molar-refractivity contribution in [3.63, 3.8) is 0 Å². The number of nitrogens with one attached hydrogen (secondary N) is 1. The minimum absolute atomic E-state index is 0.0638. The molecule has 0 radical (unpaired) electrons. The minimum atomic E-state index is -0.111.